The molecule has 0 saturated carbocycles. The van der Waals surface area contributed by atoms with Crippen LogP contribution in [-0.4, -0.2) is 40.2 Å². The summed E-state index contributed by atoms with van der Waals surface area (Å²) in [5.41, 5.74) is 1.20. The van der Waals surface area contributed by atoms with Crippen LogP contribution in [0.1, 0.15) is 25.3 Å². The van der Waals surface area contributed by atoms with Crippen molar-refractivity contribution in [3.63, 3.8) is 0 Å². The van der Waals surface area contributed by atoms with Gasteiger partial charge in [0.05, 0.1) is 6.20 Å². The second-order valence-electron chi connectivity index (χ2n) is 4.60. The lowest BCUT2D eigenvalue weighted by molar-refractivity contribution is -0.132. The van der Waals surface area contributed by atoms with Crippen LogP contribution in [0.3, 0.4) is 0 Å². The lowest BCUT2D eigenvalue weighted by Gasteiger charge is -2.30. The summed E-state index contributed by atoms with van der Waals surface area (Å²) in [6, 6.07) is 0.405. The number of rotatable bonds is 4. The number of hydrogen-bond acceptors (Lipinski definition) is 3. The molecule has 1 amide bonds. The summed E-state index contributed by atoms with van der Waals surface area (Å²) in [6.45, 7) is 4.61. The van der Waals surface area contributed by atoms with Crippen molar-refractivity contribution in [1.29, 1.82) is 0 Å². The van der Waals surface area contributed by atoms with E-state index in [0.717, 1.165) is 26.1 Å². The Morgan fingerprint density at radius 2 is 2.41 bits per heavy atom. The van der Waals surface area contributed by atoms with Crippen LogP contribution in [0.25, 0.3) is 0 Å². The van der Waals surface area contributed by atoms with E-state index in [1.54, 1.807) is 4.90 Å². The standard InChI is InChI=1S/C12H20N4O/c1-3-16-8-10(7-14-16)6-13-11-4-5-12(17)15(2)9-11/h7-8,11,13H,3-6,9H2,1-2H3. The van der Waals surface area contributed by atoms with Gasteiger partial charge in [0.15, 0.2) is 0 Å². The fourth-order valence-electron chi connectivity index (χ4n) is 2.11. The first kappa shape index (κ1) is 12.1. The topological polar surface area (TPSA) is 50.2 Å². The number of piperidine rings is 1. The van der Waals surface area contributed by atoms with Gasteiger partial charge in [0, 0.05) is 50.9 Å². The Bertz CT molecular complexity index is 388. The number of carbonyl (C=O) groups is 1. The van der Waals surface area contributed by atoms with Crippen LogP contribution in [0, 0.1) is 0 Å². The molecule has 0 spiro atoms. The predicted octanol–water partition coefficient (Wildman–Crippen LogP) is 0.613. The van der Waals surface area contributed by atoms with Crippen molar-refractivity contribution in [2.75, 3.05) is 13.6 Å². The Hall–Kier alpha value is -1.36. The van der Waals surface area contributed by atoms with Crippen molar-refractivity contribution in [3.05, 3.63) is 18.0 Å². The van der Waals surface area contributed by atoms with Gasteiger partial charge in [0.1, 0.15) is 0 Å². The summed E-state index contributed by atoms with van der Waals surface area (Å²) in [6.07, 6.45) is 5.55. The molecule has 2 heterocycles. The summed E-state index contributed by atoms with van der Waals surface area (Å²) in [7, 11) is 1.87. The molecule has 1 fully saturated rings. The predicted molar refractivity (Wildman–Crippen MR) is 65.4 cm³/mol. The molecule has 1 aliphatic rings. The molecule has 1 atom stereocenters. The average Bonchev–Trinajstić information content (AvgIpc) is 2.79. The molecule has 0 aliphatic carbocycles. The van der Waals surface area contributed by atoms with E-state index in [-0.39, 0.29) is 5.91 Å². The van der Waals surface area contributed by atoms with Gasteiger partial charge in [-0.3, -0.25) is 9.48 Å². The second kappa shape index (κ2) is 5.31. The molecule has 2 rings (SSSR count). The molecule has 1 unspecified atom stereocenters. The molecule has 0 bridgehead atoms. The molecule has 1 aromatic rings. The van der Waals surface area contributed by atoms with E-state index in [9.17, 15) is 4.79 Å². The Balaban J connectivity index is 1.80. The van der Waals surface area contributed by atoms with Crippen molar-refractivity contribution < 1.29 is 4.79 Å². The number of aromatic nitrogens is 2. The molecule has 94 valence electrons. The van der Waals surface area contributed by atoms with Gasteiger partial charge in [-0.15, -0.1) is 0 Å². The zero-order valence-corrected chi connectivity index (χ0v) is 10.5. The number of nitrogens with zero attached hydrogens (tertiary/aromatic N) is 3. The summed E-state index contributed by atoms with van der Waals surface area (Å²) in [4.78, 5) is 13.1. The minimum absolute atomic E-state index is 0.252. The molecule has 5 heteroatoms. The molecular formula is C12H20N4O. The molecule has 0 aromatic carbocycles. The van der Waals surface area contributed by atoms with Gasteiger partial charge in [-0.1, -0.05) is 0 Å². The minimum atomic E-state index is 0.252. The smallest absolute Gasteiger partial charge is 0.222 e. The van der Waals surface area contributed by atoms with E-state index in [0.29, 0.717) is 12.5 Å². The fourth-order valence-corrected chi connectivity index (χ4v) is 2.11. The van der Waals surface area contributed by atoms with Gasteiger partial charge in [-0.25, -0.2) is 0 Å². The van der Waals surface area contributed by atoms with Crippen molar-refractivity contribution in [2.45, 2.75) is 38.9 Å². The molecule has 0 radical (unpaired) electrons. The highest BCUT2D eigenvalue weighted by atomic mass is 16.2. The van der Waals surface area contributed by atoms with E-state index >= 15 is 0 Å². The van der Waals surface area contributed by atoms with E-state index in [4.69, 9.17) is 0 Å². The van der Waals surface area contributed by atoms with Crippen molar-refractivity contribution in [3.8, 4) is 0 Å². The van der Waals surface area contributed by atoms with Crippen LogP contribution in [0.5, 0.6) is 0 Å². The van der Waals surface area contributed by atoms with E-state index in [2.05, 4.69) is 23.5 Å². The first-order valence-corrected chi connectivity index (χ1v) is 6.17. The third kappa shape index (κ3) is 3.06. The van der Waals surface area contributed by atoms with Crippen LogP contribution in [-0.2, 0) is 17.9 Å². The normalized spacial score (nSPS) is 20.9. The van der Waals surface area contributed by atoms with Crippen molar-refractivity contribution in [2.24, 2.45) is 0 Å². The molecule has 1 N–H and O–H groups in total. The van der Waals surface area contributed by atoms with Crippen molar-refractivity contribution >= 4 is 5.91 Å². The van der Waals surface area contributed by atoms with Crippen LogP contribution < -0.4 is 5.32 Å². The zero-order chi connectivity index (χ0) is 12.3. The molecule has 1 aliphatic heterocycles. The number of nitrogens with one attached hydrogen (secondary N) is 1. The maximum Gasteiger partial charge on any atom is 0.222 e. The third-order valence-electron chi connectivity index (χ3n) is 3.23. The number of aryl methyl sites for hydroxylation is 1. The molecule has 1 aromatic heterocycles. The van der Waals surface area contributed by atoms with E-state index in [1.165, 1.54) is 5.56 Å². The number of hydrogen-bond donors (Lipinski definition) is 1. The monoisotopic (exact) mass is 236 g/mol. The molecular weight excluding hydrogens is 216 g/mol. The first-order chi connectivity index (χ1) is 8.19. The van der Waals surface area contributed by atoms with Crippen LogP contribution in [0.2, 0.25) is 0 Å². The SMILES string of the molecule is CCn1cc(CNC2CCC(=O)N(C)C2)cn1. The number of amides is 1. The van der Waals surface area contributed by atoms with Gasteiger partial charge in [0.2, 0.25) is 5.91 Å². The van der Waals surface area contributed by atoms with Crippen LogP contribution in [0.15, 0.2) is 12.4 Å². The van der Waals surface area contributed by atoms with Gasteiger partial charge in [-0.05, 0) is 13.3 Å². The number of likely N-dealkylation sites (N-methyl/N-ethyl adjacent to an activating group) is 1. The third-order valence-corrected chi connectivity index (χ3v) is 3.23. The highest BCUT2D eigenvalue weighted by Gasteiger charge is 2.22. The quantitative estimate of drug-likeness (QED) is 0.833. The number of carbonyl (C=O) groups excluding carboxylic acids is 1. The Labute approximate surface area is 102 Å². The van der Waals surface area contributed by atoms with E-state index in [1.807, 2.05) is 17.9 Å². The van der Waals surface area contributed by atoms with Crippen LogP contribution in [0.4, 0.5) is 0 Å². The summed E-state index contributed by atoms with van der Waals surface area (Å²) >= 11 is 0. The average molecular weight is 236 g/mol. The highest BCUT2D eigenvalue weighted by Crippen LogP contribution is 2.10. The Kier molecular flexibility index (Phi) is 3.78. The maximum absolute atomic E-state index is 11.3. The largest absolute Gasteiger partial charge is 0.344 e. The molecule has 5 nitrogen and oxygen atoms in total. The van der Waals surface area contributed by atoms with Gasteiger partial charge < -0.3 is 10.2 Å². The fraction of sp³-hybridized carbons (Fsp3) is 0.667. The maximum atomic E-state index is 11.3. The minimum Gasteiger partial charge on any atom is -0.344 e. The highest BCUT2D eigenvalue weighted by molar-refractivity contribution is 5.76. The summed E-state index contributed by atoms with van der Waals surface area (Å²) < 4.78 is 1.92. The lowest BCUT2D eigenvalue weighted by atomic mass is 10.1. The number of likely N-dealkylation sites (tertiary alicyclic amines) is 1. The van der Waals surface area contributed by atoms with Crippen LogP contribution >= 0.6 is 0 Å². The summed E-state index contributed by atoms with van der Waals surface area (Å²) in [5, 5.41) is 7.72. The molecule has 17 heavy (non-hydrogen) atoms. The Morgan fingerprint density at radius 1 is 1.59 bits per heavy atom. The van der Waals surface area contributed by atoms with Gasteiger partial charge >= 0.3 is 0 Å². The van der Waals surface area contributed by atoms with Crippen molar-refractivity contribution in [1.82, 2.24) is 20.0 Å². The Morgan fingerprint density at radius 3 is 3.06 bits per heavy atom. The first-order valence-electron chi connectivity index (χ1n) is 6.17. The zero-order valence-electron chi connectivity index (χ0n) is 10.5. The second-order valence-corrected chi connectivity index (χ2v) is 4.60. The van der Waals surface area contributed by atoms with Gasteiger partial charge in [0.25, 0.3) is 0 Å². The van der Waals surface area contributed by atoms with Gasteiger partial charge in [-0.2, -0.15) is 5.10 Å². The summed E-state index contributed by atoms with van der Waals surface area (Å²) in [5.74, 6) is 0.252. The van der Waals surface area contributed by atoms with E-state index < -0.39 is 0 Å². The molecule has 1 saturated heterocycles. The lowest BCUT2D eigenvalue weighted by Crippen LogP contribution is -2.46.